The van der Waals surface area contributed by atoms with Gasteiger partial charge in [-0.05, 0) is 17.9 Å². The molecule has 1 fully saturated rings. The average Bonchev–Trinajstić information content (AvgIpc) is 2.51. The van der Waals surface area contributed by atoms with Crippen LogP contribution in [-0.4, -0.2) is 47.6 Å². The number of likely N-dealkylation sites (tertiary alicyclic amines) is 1. The van der Waals surface area contributed by atoms with Gasteiger partial charge in [0, 0.05) is 26.1 Å². The van der Waals surface area contributed by atoms with Crippen molar-refractivity contribution in [2.45, 2.75) is 32.3 Å². The molecular weight excluding hydrogens is 280 g/mol. The molecule has 1 aliphatic heterocycles. The minimum atomic E-state index is -0.439. The van der Waals surface area contributed by atoms with E-state index in [1.165, 1.54) is 0 Å². The number of hydrogen-bond acceptors (Lipinski definition) is 3. The summed E-state index contributed by atoms with van der Waals surface area (Å²) in [4.78, 5) is 25.5. The van der Waals surface area contributed by atoms with Gasteiger partial charge in [0.1, 0.15) is 0 Å². The molecule has 2 rings (SSSR count). The number of piperidine rings is 1. The number of rotatable bonds is 5. The number of β-amino-alcohol motifs (C(OH)–C–C–N with tert-alkyl or cyclic N) is 1. The van der Waals surface area contributed by atoms with Gasteiger partial charge in [-0.2, -0.15) is 0 Å². The van der Waals surface area contributed by atoms with Gasteiger partial charge in [0.05, 0.1) is 12.5 Å². The fourth-order valence-corrected chi connectivity index (χ4v) is 2.59. The van der Waals surface area contributed by atoms with Gasteiger partial charge in [-0.25, -0.2) is 0 Å². The van der Waals surface area contributed by atoms with E-state index in [9.17, 15) is 14.7 Å². The third-order valence-corrected chi connectivity index (χ3v) is 4.14. The largest absolute Gasteiger partial charge is 0.391 e. The highest BCUT2D eigenvalue weighted by Crippen LogP contribution is 2.17. The standard InChI is InChI=1S/C17H24N2O3/c1-13-8-10-19(12-15(13)20)17(22)7-9-18-16(21)11-14-5-3-2-4-6-14/h2-6,13,15,20H,7-12H2,1H3,(H,18,21). The van der Waals surface area contributed by atoms with Crippen molar-refractivity contribution in [1.82, 2.24) is 10.2 Å². The molecule has 5 heteroatoms. The molecule has 0 radical (unpaired) electrons. The Morgan fingerprint density at radius 1 is 1.32 bits per heavy atom. The van der Waals surface area contributed by atoms with Gasteiger partial charge in [-0.1, -0.05) is 37.3 Å². The summed E-state index contributed by atoms with van der Waals surface area (Å²) < 4.78 is 0. The summed E-state index contributed by atoms with van der Waals surface area (Å²) in [5.41, 5.74) is 0.958. The molecule has 2 amide bonds. The molecule has 120 valence electrons. The maximum absolute atomic E-state index is 12.1. The quantitative estimate of drug-likeness (QED) is 0.851. The number of aliphatic hydroxyl groups excluding tert-OH is 1. The van der Waals surface area contributed by atoms with Crippen LogP contribution in [0.1, 0.15) is 25.3 Å². The molecule has 1 aromatic rings. The number of hydrogen-bond donors (Lipinski definition) is 2. The summed E-state index contributed by atoms with van der Waals surface area (Å²) in [5.74, 6) is 0.159. The van der Waals surface area contributed by atoms with E-state index in [1.54, 1.807) is 4.90 Å². The second-order valence-corrected chi connectivity index (χ2v) is 5.94. The predicted octanol–water partition coefficient (Wildman–Crippen LogP) is 0.965. The van der Waals surface area contributed by atoms with Crippen molar-refractivity contribution in [3.8, 4) is 0 Å². The first kappa shape index (κ1) is 16.5. The third kappa shape index (κ3) is 4.84. The number of nitrogens with one attached hydrogen (secondary N) is 1. The lowest BCUT2D eigenvalue weighted by Crippen LogP contribution is -2.46. The summed E-state index contributed by atoms with van der Waals surface area (Å²) in [5, 5.41) is 12.6. The van der Waals surface area contributed by atoms with Crippen LogP contribution in [0.2, 0.25) is 0 Å². The van der Waals surface area contributed by atoms with E-state index in [4.69, 9.17) is 0 Å². The molecule has 2 N–H and O–H groups in total. The Bertz CT molecular complexity index is 504. The molecule has 0 spiro atoms. The van der Waals surface area contributed by atoms with Gasteiger partial charge >= 0.3 is 0 Å². The van der Waals surface area contributed by atoms with Gasteiger partial charge in [-0.15, -0.1) is 0 Å². The highest BCUT2D eigenvalue weighted by molar-refractivity contribution is 5.80. The predicted molar refractivity (Wildman–Crippen MR) is 84.1 cm³/mol. The van der Waals surface area contributed by atoms with Crippen LogP contribution >= 0.6 is 0 Å². The third-order valence-electron chi connectivity index (χ3n) is 4.14. The van der Waals surface area contributed by atoms with Crippen LogP contribution in [0, 0.1) is 5.92 Å². The maximum Gasteiger partial charge on any atom is 0.224 e. The normalized spacial score (nSPS) is 21.5. The first-order valence-corrected chi connectivity index (χ1v) is 7.82. The Hall–Kier alpha value is -1.88. The van der Waals surface area contributed by atoms with Gasteiger partial charge < -0.3 is 15.3 Å². The van der Waals surface area contributed by atoms with Crippen molar-refractivity contribution in [2.75, 3.05) is 19.6 Å². The van der Waals surface area contributed by atoms with Crippen molar-refractivity contribution < 1.29 is 14.7 Å². The molecule has 1 aliphatic rings. The average molecular weight is 304 g/mol. The molecule has 0 aromatic heterocycles. The molecular formula is C17H24N2O3. The summed E-state index contributed by atoms with van der Waals surface area (Å²) in [6.07, 6.45) is 0.995. The van der Waals surface area contributed by atoms with Gasteiger partial charge in [0.25, 0.3) is 0 Å². The Morgan fingerprint density at radius 2 is 2.05 bits per heavy atom. The maximum atomic E-state index is 12.1. The molecule has 0 aliphatic carbocycles. The fourth-order valence-electron chi connectivity index (χ4n) is 2.59. The Labute approximate surface area is 131 Å². The lowest BCUT2D eigenvalue weighted by Gasteiger charge is -2.34. The lowest BCUT2D eigenvalue weighted by atomic mass is 9.96. The molecule has 1 aromatic carbocycles. The van der Waals surface area contributed by atoms with Crippen molar-refractivity contribution in [3.63, 3.8) is 0 Å². The highest BCUT2D eigenvalue weighted by atomic mass is 16.3. The monoisotopic (exact) mass is 304 g/mol. The zero-order chi connectivity index (χ0) is 15.9. The molecule has 1 heterocycles. The minimum Gasteiger partial charge on any atom is -0.391 e. The van der Waals surface area contributed by atoms with E-state index in [0.717, 1.165) is 12.0 Å². The van der Waals surface area contributed by atoms with E-state index in [1.807, 2.05) is 37.3 Å². The highest BCUT2D eigenvalue weighted by Gasteiger charge is 2.26. The molecule has 2 unspecified atom stereocenters. The van der Waals surface area contributed by atoms with Crippen LogP contribution in [0.15, 0.2) is 30.3 Å². The fraction of sp³-hybridized carbons (Fsp3) is 0.529. The molecule has 0 bridgehead atoms. The van der Waals surface area contributed by atoms with E-state index in [2.05, 4.69) is 5.32 Å². The number of nitrogens with zero attached hydrogens (tertiary/aromatic N) is 1. The van der Waals surface area contributed by atoms with Crippen LogP contribution in [0.5, 0.6) is 0 Å². The van der Waals surface area contributed by atoms with E-state index >= 15 is 0 Å². The summed E-state index contributed by atoms with van der Waals surface area (Å²) in [6.45, 7) is 3.43. The van der Waals surface area contributed by atoms with Gasteiger partial charge in [0.15, 0.2) is 0 Å². The Kier molecular flexibility index (Phi) is 5.95. The molecule has 0 saturated carbocycles. The Balaban J connectivity index is 1.67. The molecule has 2 atom stereocenters. The van der Waals surface area contributed by atoms with Crippen molar-refractivity contribution >= 4 is 11.8 Å². The second-order valence-electron chi connectivity index (χ2n) is 5.94. The van der Waals surface area contributed by atoms with Crippen molar-refractivity contribution in [2.24, 2.45) is 5.92 Å². The summed E-state index contributed by atoms with van der Waals surface area (Å²) in [7, 11) is 0. The smallest absolute Gasteiger partial charge is 0.224 e. The van der Waals surface area contributed by atoms with Crippen LogP contribution in [-0.2, 0) is 16.0 Å². The van der Waals surface area contributed by atoms with Crippen LogP contribution in [0.3, 0.4) is 0 Å². The second kappa shape index (κ2) is 7.94. The van der Waals surface area contributed by atoms with E-state index in [0.29, 0.717) is 26.1 Å². The number of carbonyl (C=O) groups excluding carboxylic acids is 2. The number of aliphatic hydroxyl groups is 1. The van der Waals surface area contributed by atoms with Gasteiger partial charge in [-0.3, -0.25) is 9.59 Å². The Morgan fingerprint density at radius 3 is 2.73 bits per heavy atom. The number of benzene rings is 1. The number of carbonyl (C=O) groups is 2. The molecule has 1 saturated heterocycles. The van der Waals surface area contributed by atoms with Gasteiger partial charge in [0.2, 0.25) is 11.8 Å². The van der Waals surface area contributed by atoms with E-state index in [-0.39, 0.29) is 24.2 Å². The van der Waals surface area contributed by atoms with Crippen molar-refractivity contribution in [3.05, 3.63) is 35.9 Å². The lowest BCUT2D eigenvalue weighted by molar-refractivity contribution is -0.135. The topological polar surface area (TPSA) is 69.6 Å². The molecule has 5 nitrogen and oxygen atoms in total. The zero-order valence-electron chi connectivity index (χ0n) is 13.0. The van der Waals surface area contributed by atoms with Crippen LogP contribution in [0.4, 0.5) is 0 Å². The summed E-state index contributed by atoms with van der Waals surface area (Å²) >= 11 is 0. The SMILES string of the molecule is CC1CCN(C(=O)CCNC(=O)Cc2ccccc2)CC1O. The summed E-state index contributed by atoms with van der Waals surface area (Å²) in [6, 6.07) is 9.51. The first-order chi connectivity index (χ1) is 10.6. The zero-order valence-corrected chi connectivity index (χ0v) is 13.0. The molecule has 22 heavy (non-hydrogen) atoms. The minimum absolute atomic E-state index is 0.00837. The van der Waals surface area contributed by atoms with Crippen LogP contribution in [0.25, 0.3) is 0 Å². The van der Waals surface area contributed by atoms with Crippen LogP contribution < -0.4 is 5.32 Å². The van der Waals surface area contributed by atoms with E-state index < -0.39 is 6.10 Å². The van der Waals surface area contributed by atoms with Crippen molar-refractivity contribution in [1.29, 1.82) is 0 Å². The first-order valence-electron chi connectivity index (χ1n) is 7.82. The number of amides is 2.